The maximum atomic E-state index is 12.3. The van der Waals surface area contributed by atoms with Crippen LogP contribution in [0.15, 0.2) is 55.0 Å². The molecule has 0 saturated carbocycles. The molecule has 0 atom stereocenters. The maximum Gasteiger partial charge on any atom is 0.315 e. The van der Waals surface area contributed by atoms with Gasteiger partial charge in [-0.05, 0) is 54.3 Å². The lowest BCUT2D eigenvalue weighted by atomic mass is 10.1. The minimum Gasteiger partial charge on any atom is -0.352 e. The number of anilines is 2. The number of nitrogens with one attached hydrogen (secondary N) is 3. The van der Waals surface area contributed by atoms with Crippen LogP contribution < -0.4 is 16.0 Å². The number of carbonyl (C=O) groups excluding carboxylic acids is 3. The van der Waals surface area contributed by atoms with E-state index in [0.717, 1.165) is 5.56 Å². The van der Waals surface area contributed by atoms with E-state index >= 15 is 0 Å². The molecule has 0 unspecified atom stereocenters. The van der Waals surface area contributed by atoms with E-state index in [1.807, 2.05) is 26.0 Å². The molecule has 0 saturated heterocycles. The lowest BCUT2D eigenvalue weighted by Gasteiger charge is -2.11. The first kappa shape index (κ1) is 22.7. The first-order valence-electron chi connectivity index (χ1n) is 10.3. The fourth-order valence-electron chi connectivity index (χ4n) is 2.89. The quantitative estimate of drug-likeness (QED) is 0.494. The number of hydrogen-bond donors (Lipinski definition) is 3. The van der Waals surface area contributed by atoms with Gasteiger partial charge in [-0.1, -0.05) is 13.8 Å². The summed E-state index contributed by atoms with van der Waals surface area (Å²) in [4.78, 5) is 40.8. The van der Waals surface area contributed by atoms with Crippen molar-refractivity contribution < 1.29 is 14.4 Å². The predicted molar refractivity (Wildman–Crippen MR) is 121 cm³/mol. The number of nitrogens with zero attached hydrogens (tertiary/aromatic N) is 3. The van der Waals surface area contributed by atoms with E-state index in [-0.39, 0.29) is 11.7 Å². The molecule has 2 aromatic heterocycles. The number of hydrogen-bond acceptors (Lipinski definition) is 5. The van der Waals surface area contributed by atoms with Gasteiger partial charge in [0.05, 0.1) is 6.54 Å². The molecule has 2 heterocycles. The number of pyridine rings is 1. The van der Waals surface area contributed by atoms with Crippen molar-refractivity contribution in [2.24, 2.45) is 5.92 Å². The third kappa shape index (κ3) is 6.24. The van der Waals surface area contributed by atoms with Gasteiger partial charge in [-0.25, -0.2) is 0 Å². The van der Waals surface area contributed by atoms with Crippen LogP contribution in [0.1, 0.15) is 35.3 Å². The summed E-state index contributed by atoms with van der Waals surface area (Å²) in [6.45, 7) is 6.88. The Hall–Kier alpha value is -4.01. The molecule has 3 rings (SSSR count). The molecule has 0 aliphatic carbocycles. The van der Waals surface area contributed by atoms with Crippen molar-refractivity contribution >= 4 is 29.2 Å². The zero-order valence-corrected chi connectivity index (χ0v) is 18.3. The van der Waals surface area contributed by atoms with Crippen LogP contribution in [-0.2, 0) is 16.1 Å². The molecule has 166 valence electrons. The highest BCUT2D eigenvalue weighted by Crippen LogP contribution is 2.17. The van der Waals surface area contributed by atoms with Gasteiger partial charge in [0.1, 0.15) is 0 Å². The highest BCUT2D eigenvalue weighted by Gasteiger charge is 2.17. The molecule has 32 heavy (non-hydrogen) atoms. The van der Waals surface area contributed by atoms with E-state index in [2.05, 4.69) is 26.0 Å². The first-order chi connectivity index (χ1) is 15.3. The van der Waals surface area contributed by atoms with E-state index in [9.17, 15) is 14.4 Å². The number of amides is 3. The highest BCUT2D eigenvalue weighted by atomic mass is 16.2. The van der Waals surface area contributed by atoms with Crippen LogP contribution in [0.4, 0.5) is 11.5 Å². The zero-order valence-electron chi connectivity index (χ0n) is 18.3. The molecule has 0 aliphatic rings. The summed E-state index contributed by atoms with van der Waals surface area (Å²) in [7, 11) is 0. The standard InChI is InChI=1S/C23H26N6O3/c1-15(2)13-25-21(30)18-4-5-19(16(3)12-18)26-22(31)23(32)27-20-8-11-29(28-20)14-17-6-9-24-10-7-17/h4-12,15H,13-14H2,1-3H3,(H,25,30)(H,26,31)(H,27,28,32). The van der Waals surface area contributed by atoms with Crippen LogP contribution in [0.3, 0.4) is 0 Å². The fraction of sp³-hybridized carbons (Fsp3) is 0.261. The van der Waals surface area contributed by atoms with Crippen LogP contribution in [0.2, 0.25) is 0 Å². The minimum absolute atomic E-state index is 0.181. The van der Waals surface area contributed by atoms with E-state index in [4.69, 9.17) is 0 Å². The number of rotatable bonds is 7. The molecule has 0 spiro atoms. The van der Waals surface area contributed by atoms with Gasteiger partial charge in [-0.2, -0.15) is 5.10 Å². The van der Waals surface area contributed by atoms with Crippen LogP contribution >= 0.6 is 0 Å². The number of aryl methyl sites for hydroxylation is 1. The number of benzene rings is 1. The largest absolute Gasteiger partial charge is 0.352 e. The molecule has 0 fully saturated rings. The molecule has 1 aromatic carbocycles. The van der Waals surface area contributed by atoms with Crippen molar-refractivity contribution in [3.63, 3.8) is 0 Å². The lowest BCUT2D eigenvalue weighted by Crippen LogP contribution is -2.30. The predicted octanol–water partition coefficient (Wildman–Crippen LogP) is 2.60. The third-order valence-corrected chi connectivity index (χ3v) is 4.59. The topological polar surface area (TPSA) is 118 Å². The van der Waals surface area contributed by atoms with Gasteiger partial charge in [-0.15, -0.1) is 0 Å². The average Bonchev–Trinajstić information content (AvgIpc) is 3.20. The molecule has 3 N–H and O–H groups in total. The van der Waals surface area contributed by atoms with E-state index in [0.29, 0.717) is 35.8 Å². The van der Waals surface area contributed by atoms with Crippen molar-refractivity contribution in [3.05, 3.63) is 71.7 Å². The normalized spacial score (nSPS) is 10.6. The molecule has 3 aromatic rings. The van der Waals surface area contributed by atoms with Crippen molar-refractivity contribution in [2.75, 3.05) is 17.2 Å². The number of carbonyl (C=O) groups is 3. The summed E-state index contributed by atoms with van der Waals surface area (Å²) < 4.78 is 1.65. The molecule has 9 heteroatoms. The smallest absolute Gasteiger partial charge is 0.315 e. The summed E-state index contributed by atoms with van der Waals surface area (Å²) in [6.07, 6.45) is 5.10. The average molecular weight is 435 g/mol. The molecule has 0 radical (unpaired) electrons. The van der Waals surface area contributed by atoms with Crippen molar-refractivity contribution in [1.82, 2.24) is 20.1 Å². The highest BCUT2D eigenvalue weighted by molar-refractivity contribution is 6.43. The Labute approximate surface area is 186 Å². The lowest BCUT2D eigenvalue weighted by molar-refractivity contribution is -0.133. The van der Waals surface area contributed by atoms with Crippen LogP contribution in [0.25, 0.3) is 0 Å². The van der Waals surface area contributed by atoms with Crippen molar-refractivity contribution in [1.29, 1.82) is 0 Å². The Kier molecular flexibility index (Phi) is 7.33. The monoisotopic (exact) mass is 434 g/mol. The Bertz CT molecular complexity index is 1110. The van der Waals surface area contributed by atoms with Gasteiger partial charge in [0.2, 0.25) is 0 Å². The second-order valence-corrected chi connectivity index (χ2v) is 7.80. The molecule has 0 aliphatic heterocycles. The summed E-state index contributed by atoms with van der Waals surface area (Å²) >= 11 is 0. The second kappa shape index (κ2) is 10.3. The molecule has 0 bridgehead atoms. The van der Waals surface area contributed by atoms with E-state index < -0.39 is 11.8 Å². The maximum absolute atomic E-state index is 12.3. The summed E-state index contributed by atoms with van der Waals surface area (Å²) in [5.74, 6) is -1.22. The van der Waals surface area contributed by atoms with Gasteiger partial charge in [0.15, 0.2) is 5.82 Å². The van der Waals surface area contributed by atoms with E-state index in [1.54, 1.807) is 54.5 Å². The summed E-state index contributed by atoms with van der Waals surface area (Å²) in [5, 5.41) is 12.2. The van der Waals surface area contributed by atoms with Crippen molar-refractivity contribution in [2.45, 2.75) is 27.3 Å². The Morgan fingerprint density at radius 1 is 1.00 bits per heavy atom. The van der Waals surface area contributed by atoms with Crippen LogP contribution in [-0.4, -0.2) is 39.0 Å². The summed E-state index contributed by atoms with van der Waals surface area (Å²) in [6, 6.07) is 10.2. The molecule has 3 amide bonds. The Balaban J connectivity index is 1.56. The van der Waals surface area contributed by atoms with Gasteiger partial charge in [0, 0.05) is 42.5 Å². The van der Waals surface area contributed by atoms with Gasteiger partial charge in [0.25, 0.3) is 5.91 Å². The Morgan fingerprint density at radius 2 is 1.72 bits per heavy atom. The Morgan fingerprint density at radius 3 is 2.41 bits per heavy atom. The summed E-state index contributed by atoms with van der Waals surface area (Å²) in [5.41, 5.74) is 2.62. The van der Waals surface area contributed by atoms with Gasteiger partial charge >= 0.3 is 11.8 Å². The molecular formula is C23H26N6O3. The zero-order chi connectivity index (χ0) is 23.1. The first-order valence-corrected chi connectivity index (χ1v) is 10.3. The fourth-order valence-corrected chi connectivity index (χ4v) is 2.89. The third-order valence-electron chi connectivity index (χ3n) is 4.59. The van der Waals surface area contributed by atoms with Crippen LogP contribution in [0, 0.1) is 12.8 Å². The van der Waals surface area contributed by atoms with Crippen LogP contribution in [0.5, 0.6) is 0 Å². The minimum atomic E-state index is -0.836. The van der Waals surface area contributed by atoms with Crippen molar-refractivity contribution in [3.8, 4) is 0 Å². The number of aromatic nitrogens is 3. The second-order valence-electron chi connectivity index (χ2n) is 7.80. The van der Waals surface area contributed by atoms with Gasteiger partial charge in [-0.3, -0.25) is 24.0 Å². The van der Waals surface area contributed by atoms with E-state index in [1.165, 1.54) is 0 Å². The molecular weight excluding hydrogens is 408 g/mol. The van der Waals surface area contributed by atoms with Gasteiger partial charge < -0.3 is 16.0 Å². The SMILES string of the molecule is Cc1cc(C(=O)NCC(C)C)ccc1NC(=O)C(=O)Nc1ccn(Cc2ccncc2)n1. The molecule has 9 nitrogen and oxygen atoms in total.